The number of benzene rings is 18. The molecule has 0 radical (unpaired) electrons. The van der Waals surface area contributed by atoms with Gasteiger partial charge in [-0.05, 0) is 232 Å². The van der Waals surface area contributed by atoms with E-state index in [0.29, 0.717) is 0 Å². The van der Waals surface area contributed by atoms with E-state index in [-0.39, 0.29) is 5.92 Å². The van der Waals surface area contributed by atoms with Crippen LogP contribution in [0.5, 0.6) is 0 Å². The number of thiophene rings is 2. The molecule has 0 spiro atoms. The standard InChI is InChI=1S/C104H62O2S2/c1-2-26-73-61(20-1)21-17-40-78(73)102-84-32-7-3-28-80(84)100(81-29-4-8-33-85(81)102)68-24-15-22-62(50-68)64-44-45-67-53-66-47-49-98-104(88-36-12-14-43-97(88)107-98)89(66)59-94(67)105-60-72(52-64)74-37-18-39-76-75(74)38-19-41-79(76)103-86-34-9-5-30-82(86)101(83-31-6-10-35-87(83)103)69-25-16-23-63(51-69)65-46-48-93-90(54-65)91-55-70-56-92-77-27-11-13-42-96(77)108-99(92)58-71(70)57-95(91)106-93/h1-45,47-60,65H,46H2. The van der Waals surface area contributed by atoms with Crippen molar-refractivity contribution in [3.63, 3.8) is 0 Å². The van der Waals surface area contributed by atoms with Crippen LogP contribution in [-0.4, -0.2) is 0 Å². The Kier molecular flexibility index (Phi) is 13.7. The Labute approximate surface area is 628 Å². The maximum absolute atomic E-state index is 7.25. The monoisotopic (exact) mass is 1410 g/mol. The van der Waals surface area contributed by atoms with Crippen molar-refractivity contribution in [2.45, 2.75) is 12.3 Å². The second-order valence-corrected chi connectivity index (χ2v) is 31.3. The van der Waals surface area contributed by atoms with Gasteiger partial charge < -0.3 is 8.83 Å². The highest BCUT2D eigenvalue weighted by molar-refractivity contribution is 7.26. The Morgan fingerprint density at radius 3 is 1.47 bits per heavy atom. The van der Waals surface area contributed by atoms with Gasteiger partial charge in [0.1, 0.15) is 16.6 Å². The van der Waals surface area contributed by atoms with Crippen molar-refractivity contribution in [2.24, 2.45) is 0 Å². The lowest BCUT2D eigenvalue weighted by atomic mass is 9.83. The minimum atomic E-state index is 0.160. The van der Waals surface area contributed by atoms with Crippen LogP contribution in [0.3, 0.4) is 0 Å². The Balaban J connectivity index is 0.685. The predicted molar refractivity (Wildman–Crippen MR) is 464 cm³/mol. The average molecular weight is 1410 g/mol. The summed E-state index contributed by atoms with van der Waals surface area (Å²) < 4.78 is 19.1. The van der Waals surface area contributed by atoms with Crippen LogP contribution in [0.25, 0.3) is 227 Å². The molecular formula is C104H62O2S2. The lowest BCUT2D eigenvalue weighted by Crippen LogP contribution is -2.24. The number of hydrogen-bond donors (Lipinski definition) is 0. The summed E-state index contributed by atoms with van der Waals surface area (Å²) in [5.41, 5.74) is 17.9. The molecule has 4 heteroatoms. The molecule has 23 rings (SSSR count). The van der Waals surface area contributed by atoms with Crippen LogP contribution in [0.2, 0.25) is 0 Å². The van der Waals surface area contributed by atoms with Gasteiger partial charge in [0.15, 0.2) is 0 Å². The fourth-order valence-electron chi connectivity index (χ4n) is 18.3. The van der Waals surface area contributed by atoms with Gasteiger partial charge in [0.25, 0.3) is 0 Å². The molecule has 0 aliphatic heterocycles. The second-order valence-electron chi connectivity index (χ2n) is 29.1. The van der Waals surface area contributed by atoms with Crippen molar-refractivity contribution in [1.29, 1.82) is 0 Å². The summed E-state index contributed by atoms with van der Waals surface area (Å²) >= 11 is 3.71. The molecule has 0 saturated heterocycles. The van der Waals surface area contributed by atoms with E-state index in [1.807, 2.05) is 28.9 Å². The Hall–Kier alpha value is -13.2. The first kappa shape index (κ1) is 61.1. The van der Waals surface area contributed by atoms with Gasteiger partial charge in [0.2, 0.25) is 0 Å². The predicted octanol–water partition coefficient (Wildman–Crippen LogP) is 29.0. The first-order valence-corrected chi connectivity index (χ1v) is 38.9. The van der Waals surface area contributed by atoms with Crippen LogP contribution < -0.4 is 10.6 Å². The lowest BCUT2D eigenvalue weighted by Gasteiger charge is -2.20. The third-order valence-electron chi connectivity index (χ3n) is 23.2. The van der Waals surface area contributed by atoms with Gasteiger partial charge in [0.05, 0.1) is 6.26 Å². The SMILES string of the molecule is C1=c2oc3cc4cc5sc6ccccc6c5cc4cc3c2=CC(c2cccc(-c3c4ccccc4c(-c4cccc5c(-c6coc7cc8c(ccc9sc%10ccccc%10c98)cc7ccc(-c7cccc(-c8c9ccccc9c(-c9cccc%10ccccc9%10)c9ccccc89)c7)c6)cccc45)c4ccccc34)c2)C1. The Bertz CT molecular complexity index is 7750. The van der Waals surface area contributed by atoms with Crippen LogP contribution in [0, 0.1) is 0 Å². The summed E-state index contributed by atoms with van der Waals surface area (Å²) in [5, 5.41) is 27.8. The molecule has 0 fully saturated rings. The third-order valence-corrected chi connectivity index (χ3v) is 25.5. The minimum absolute atomic E-state index is 0.160. The van der Waals surface area contributed by atoms with Crippen molar-refractivity contribution < 1.29 is 8.83 Å². The normalized spacial score (nSPS) is 13.2. The number of furan rings is 1. The van der Waals surface area contributed by atoms with E-state index in [1.54, 1.807) is 0 Å². The molecule has 1 aliphatic rings. The topological polar surface area (TPSA) is 26.3 Å². The van der Waals surface area contributed by atoms with E-state index in [2.05, 4.69) is 352 Å². The molecule has 18 aromatic carbocycles. The number of rotatable bonds is 7. The smallest absolute Gasteiger partial charge is 0.136 e. The highest BCUT2D eigenvalue weighted by atomic mass is 32.1. The van der Waals surface area contributed by atoms with Gasteiger partial charge in [-0.2, -0.15) is 0 Å². The first-order valence-electron chi connectivity index (χ1n) is 37.2. The molecule has 1 atom stereocenters. The van der Waals surface area contributed by atoms with E-state index in [9.17, 15) is 0 Å². The highest BCUT2D eigenvalue weighted by Gasteiger charge is 2.24. The molecule has 4 heterocycles. The fraction of sp³-hybridized carbons (Fsp3) is 0.0192. The van der Waals surface area contributed by atoms with Crippen LogP contribution in [0.4, 0.5) is 0 Å². The van der Waals surface area contributed by atoms with Crippen molar-refractivity contribution in [3.05, 3.63) is 362 Å². The van der Waals surface area contributed by atoms with E-state index in [1.165, 1.54) is 171 Å². The second kappa shape index (κ2) is 24.2. The maximum Gasteiger partial charge on any atom is 0.136 e. The lowest BCUT2D eigenvalue weighted by molar-refractivity contribution is 0.570. The molecule has 0 amide bonds. The Morgan fingerprint density at radius 1 is 0.259 bits per heavy atom. The fourth-order valence-corrected chi connectivity index (χ4v) is 20.6. The molecule has 22 aromatic rings. The molecule has 1 aliphatic carbocycles. The van der Waals surface area contributed by atoms with Crippen LogP contribution in [0.15, 0.2) is 355 Å². The molecule has 502 valence electrons. The zero-order valence-electron chi connectivity index (χ0n) is 58.5. The molecule has 0 N–H and O–H groups in total. The Morgan fingerprint density at radius 2 is 0.759 bits per heavy atom. The van der Waals surface area contributed by atoms with E-state index >= 15 is 0 Å². The summed E-state index contributed by atoms with van der Waals surface area (Å²) in [4.78, 5) is 0. The molecule has 2 nitrogen and oxygen atoms in total. The van der Waals surface area contributed by atoms with Gasteiger partial charge >= 0.3 is 0 Å². The van der Waals surface area contributed by atoms with Gasteiger partial charge in [-0.1, -0.05) is 279 Å². The first-order chi connectivity index (χ1) is 53.5. The van der Waals surface area contributed by atoms with E-state index < -0.39 is 0 Å². The largest absolute Gasteiger partial charge is 0.464 e. The van der Waals surface area contributed by atoms with Crippen molar-refractivity contribution in [2.75, 3.05) is 0 Å². The summed E-state index contributed by atoms with van der Waals surface area (Å²) in [6.45, 7) is 0. The van der Waals surface area contributed by atoms with Crippen LogP contribution in [0.1, 0.15) is 17.9 Å². The van der Waals surface area contributed by atoms with E-state index in [0.717, 1.165) is 67.0 Å². The van der Waals surface area contributed by atoms with Gasteiger partial charge in [0, 0.05) is 67.8 Å². The zero-order valence-corrected chi connectivity index (χ0v) is 60.1. The van der Waals surface area contributed by atoms with Crippen LogP contribution in [-0.2, 0) is 0 Å². The molecule has 1 unspecified atom stereocenters. The molecule has 108 heavy (non-hydrogen) atoms. The zero-order chi connectivity index (χ0) is 70.7. The van der Waals surface area contributed by atoms with Crippen molar-refractivity contribution in [1.82, 2.24) is 0 Å². The quantitative estimate of drug-likeness (QED) is 0.149. The average Bonchev–Trinajstić information content (AvgIpc) is 1.00. The van der Waals surface area contributed by atoms with Gasteiger partial charge in [-0.15, -0.1) is 22.7 Å². The van der Waals surface area contributed by atoms with Crippen molar-refractivity contribution >= 4 is 183 Å². The molecule has 4 aromatic heterocycles. The van der Waals surface area contributed by atoms with Gasteiger partial charge in [-0.25, -0.2) is 0 Å². The highest BCUT2D eigenvalue weighted by Crippen LogP contribution is 2.50. The maximum atomic E-state index is 7.25. The minimum Gasteiger partial charge on any atom is -0.464 e. The number of fused-ring (bicyclic) bond motifs is 19. The summed E-state index contributed by atoms with van der Waals surface area (Å²) in [7, 11) is 0. The summed E-state index contributed by atoms with van der Waals surface area (Å²) in [6.07, 6.45) is 7.64. The van der Waals surface area contributed by atoms with E-state index in [4.69, 9.17) is 8.83 Å². The molecule has 0 saturated carbocycles. The third kappa shape index (κ3) is 9.57. The van der Waals surface area contributed by atoms with Gasteiger partial charge in [-0.3, -0.25) is 0 Å². The molecular weight excluding hydrogens is 1350 g/mol. The van der Waals surface area contributed by atoms with Crippen molar-refractivity contribution in [3.8, 4) is 66.8 Å². The molecule has 0 bridgehead atoms. The summed E-state index contributed by atoms with van der Waals surface area (Å²) in [6, 6.07) is 127. The number of hydrogen-bond acceptors (Lipinski definition) is 4. The summed E-state index contributed by atoms with van der Waals surface area (Å²) in [5.74, 6) is 0.160. The van der Waals surface area contributed by atoms with Crippen LogP contribution >= 0.6 is 22.7 Å².